The Balaban J connectivity index is 1.84. The molecule has 0 spiro atoms. The Morgan fingerprint density at radius 2 is 2.05 bits per heavy atom. The second-order valence-corrected chi connectivity index (χ2v) is 5.48. The summed E-state index contributed by atoms with van der Waals surface area (Å²) in [6.07, 6.45) is 1.66. The standard InChI is InChI=1S/C16H11BrFN3O/c17-14-9-11(18)4-5-13(14)16(22)20-12-3-1-2-10(8-12)15-6-7-19-21-15/h1-9H,(H,19,21)(H,20,22). The number of aromatic amines is 1. The predicted octanol–water partition coefficient (Wildman–Crippen LogP) is 4.23. The summed E-state index contributed by atoms with van der Waals surface area (Å²) in [5.41, 5.74) is 2.79. The third kappa shape index (κ3) is 3.07. The number of nitrogens with one attached hydrogen (secondary N) is 2. The first-order valence-corrected chi connectivity index (χ1v) is 7.29. The van der Waals surface area contributed by atoms with E-state index in [1.54, 1.807) is 12.3 Å². The number of anilines is 1. The Morgan fingerprint density at radius 1 is 1.18 bits per heavy atom. The minimum Gasteiger partial charge on any atom is -0.322 e. The van der Waals surface area contributed by atoms with E-state index in [2.05, 4.69) is 31.4 Å². The van der Waals surface area contributed by atoms with Crippen molar-refractivity contribution in [2.45, 2.75) is 0 Å². The van der Waals surface area contributed by atoms with Crippen molar-refractivity contribution >= 4 is 27.5 Å². The zero-order valence-electron chi connectivity index (χ0n) is 11.3. The van der Waals surface area contributed by atoms with E-state index >= 15 is 0 Å². The molecule has 1 amide bonds. The van der Waals surface area contributed by atoms with Crippen molar-refractivity contribution in [1.82, 2.24) is 10.2 Å². The van der Waals surface area contributed by atoms with E-state index in [9.17, 15) is 9.18 Å². The molecule has 0 atom stereocenters. The van der Waals surface area contributed by atoms with Crippen LogP contribution in [-0.2, 0) is 0 Å². The molecular formula is C16H11BrFN3O. The van der Waals surface area contributed by atoms with Gasteiger partial charge >= 0.3 is 0 Å². The van der Waals surface area contributed by atoms with Gasteiger partial charge in [0, 0.05) is 21.9 Å². The monoisotopic (exact) mass is 359 g/mol. The Bertz CT molecular complexity index is 818. The predicted molar refractivity (Wildman–Crippen MR) is 86.1 cm³/mol. The maximum absolute atomic E-state index is 13.1. The highest BCUT2D eigenvalue weighted by molar-refractivity contribution is 9.10. The zero-order chi connectivity index (χ0) is 15.5. The Kier molecular flexibility index (Phi) is 4.02. The molecule has 0 aliphatic carbocycles. The maximum Gasteiger partial charge on any atom is 0.256 e. The first kappa shape index (κ1) is 14.5. The van der Waals surface area contributed by atoms with Crippen molar-refractivity contribution in [3.8, 4) is 11.3 Å². The second-order valence-electron chi connectivity index (χ2n) is 4.63. The van der Waals surface area contributed by atoms with Gasteiger partial charge in [-0.1, -0.05) is 12.1 Å². The van der Waals surface area contributed by atoms with Gasteiger partial charge in [-0.15, -0.1) is 0 Å². The summed E-state index contributed by atoms with van der Waals surface area (Å²) in [7, 11) is 0. The molecule has 4 nitrogen and oxygen atoms in total. The molecule has 0 saturated carbocycles. The Labute approximate surface area is 134 Å². The van der Waals surface area contributed by atoms with Crippen LogP contribution in [0.5, 0.6) is 0 Å². The quantitative estimate of drug-likeness (QED) is 0.734. The van der Waals surface area contributed by atoms with Crippen molar-refractivity contribution in [2.75, 3.05) is 5.32 Å². The van der Waals surface area contributed by atoms with E-state index in [4.69, 9.17) is 0 Å². The van der Waals surface area contributed by atoms with Gasteiger partial charge in [-0.25, -0.2) is 4.39 Å². The maximum atomic E-state index is 13.1. The summed E-state index contributed by atoms with van der Waals surface area (Å²) < 4.78 is 13.5. The number of benzene rings is 2. The molecule has 110 valence electrons. The van der Waals surface area contributed by atoms with Gasteiger partial charge in [0.15, 0.2) is 0 Å². The minimum absolute atomic E-state index is 0.311. The number of amides is 1. The molecule has 0 saturated heterocycles. The molecule has 22 heavy (non-hydrogen) atoms. The van der Waals surface area contributed by atoms with Gasteiger partial charge in [-0.05, 0) is 52.3 Å². The number of halogens is 2. The van der Waals surface area contributed by atoms with Crippen LogP contribution in [-0.4, -0.2) is 16.1 Å². The van der Waals surface area contributed by atoms with E-state index in [-0.39, 0.29) is 5.91 Å². The van der Waals surface area contributed by atoms with Crippen LogP contribution in [0.25, 0.3) is 11.3 Å². The molecule has 2 aromatic carbocycles. The van der Waals surface area contributed by atoms with E-state index in [1.807, 2.05) is 24.3 Å². The first-order chi connectivity index (χ1) is 10.6. The van der Waals surface area contributed by atoms with E-state index in [0.29, 0.717) is 15.7 Å². The average molecular weight is 360 g/mol. The largest absolute Gasteiger partial charge is 0.322 e. The highest BCUT2D eigenvalue weighted by atomic mass is 79.9. The molecule has 0 radical (unpaired) electrons. The zero-order valence-corrected chi connectivity index (χ0v) is 12.9. The minimum atomic E-state index is -0.398. The van der Waals surface area contributed by atoms with Gasteiger partial charge in [0.25, 0.3) is 5.91 Å². The average Bonchev–Trinajstić information content (AvgIpc) is 3.01. The molecule has 0 fully saturated rings. The van der Waals surface area contributed by atoms with Crippen molar-refractivity contribution < 1.29 is 9.18 Å². The summed E-state index contributed by atoms with van der Waals surface area (Å²) in [5.74, 6) is -0.710. The number of aromatic nitrogens is 2. The molecule has 0 unspecified atom stereocenters. The fraction of sp³-hybridized carbons (Fsp3) is 0. The third-order valence-corrected chi connectivity index (χ3v) is 3.76. The lowest BCUT2D eigenvalue weighted by molar-refractivity contribution is 0.102. The van der Waals surface area contributed by atoms with Crippen LogP contribution in [0.15, 0.2) is 59.2 Å². The molecular weight excluding hydrogens is 349 g/mol. The number of rotatable bonds is 3. The number of hydrogen-bond donors (Lipinski definition) is 2. The van der Waals surface area contributed by atoms with Gasteiger partial charge in [-0.2, -0.15) is 5.10 Å². The molecule has 0 aliphatic heterocycles. The topological polar surface area (TPSA) is 57.8 Å². The van der Waals surface area contributed by atoms with Crippen LogP contribution >= 0.6 is 15.9 Å². The number of carbonyl (C=O) groups excluding carboxylic acids is 1. The van der Waals surface area contributed by atoms with Crippen molar-refractivity contribution in [3.05, 3.63) is 70.6 Å². The second kappa shape index (κ2) is 6.11. The molecule has 2 N–H and O–H groups in total. The Morgan fingerprint density at radius 3 is 2.77 bits per heavy atom. The highest BCUT2D eigenvalue weighted by Crippen LogP contribution is 2.23. The summed E-state index contributed by atoms with van der Waals surface area (Å²) in [6.45, 7) is 0. The van der Waals surface area contributed by atoms with Crippen molar-refractivity contribution in [1.29, 1.82) is 0 Å². The van der Waals surface area contributed by atoms with Crippen molar-refractivity contribution in [2.24, 2.45) is 0 Å². The summed E-state index contributed by atoms with van der Waals surface area (Å²) in [5, 5.41) is 9.57. The number of hydrogen-bond acceptors (Lipinski definition) is 2. The van der Waals surface area contributed by atoms with Crippen LogP contribution in [0.3, 0.4) is 0 Å². The van der Waals surface area contributed by atoms with E-state index < -0.39 is 5.82 Å². The van der Waals surface area contributed by atoms with Crippen LogP contribution < -0.4 is 5.32 Å². The lowest BCUT2D eigenvalue weighted by Gasteiger charge is -2.08. The number of H-pyrrole nitrogens is 1. The normalized spacial score (nSPS) is 10.5. The summed E-state index contributed by atoms with van der Waals surface area (Å²) in [6, 6.07) is 13.2. The SMILES string of the molecule is O=C(Nc1cccc(-c2ccn[nH]2)c1)c1ccc(F)cc1Br. The van der Waals surface area contributed by atoms with Gasteiger partial charge in [0.1, 0.15) is 5.82 Å². The summed E-state index contributed by atoms with van der Waals surface area (Å²) in [4.78, 5) is 12.3. The molecule has 0 bridgehead atoms. The van der Waals surface area contributed by atoms with Gasteiger partial charge in [0.2, 0.25) is 0 Å². The fourth-order valence-electron chi connectivity index (χ4n) is 2.05. The third-order valence-electron chi connectivity index (χ3n) is 3.11. The van der Waals surface area contributed by atoms with Gasteiger partial charge in [-0.3, -0.25) is 9.89 Å². The molecule has 3 aromatic rings. The molecule has 1 aromatic heterocycles. The van der Waals surface area contributed by atoms with Crippen LogP contribution in [0.1, 0.15) is 10.4 Å². The van der Waals surface area contributed by atoms with E-state index in [0.717, 1.165) is 11.3 Å². The van der Waals surface area contributed by atoms with Gasteiger partial charge < -0.3 is 5.32 Å². The fourth-order valence-corrected chi connectivity index (χ4v) is 2.58. The summed E-state index contributed by atoms with van der Waals surface area (Å²) >= 11 is 3.19. The smallest absolute Gasteiger partial charge is 0.256 e. The lowest BCUT2D eigenvalue weighted by atomic mass is 10.1. The number of nitrogens with zero attached hydrogens (tertiary/aromatic N) is 1. The van der Waals surface area contributed by atoms with Crippen LogP contribution in [0.4, 0.5) is 10.1 Å². The molecule has 0 aliphatic rings. The lowest BCUT2D eigenvalue weighted by Crippen LogP contribution is -2.12. The van der Waals surface area contributed by atoms with E-state index in [1.165, 1.54) is 18.2 Å². The molecule has 3 rings (SSSR count). The van der Waals surface area contributed by atoms with Crippen molar-refractivity contribution in [3.63, 3.8) is 0 Å². The number of carbonyl (C=O) groups is 1. The highest BCUT2D eigenvalue weighted by Gasteiger charge is 2.11. The Hall–Kier alpha value is -2.47. The molecule has 6 heteroatoms. The van der Waals surface area contributed by atoms with Gasteiger partial charge in [0.05, 0.1) is 11.3 Å². The van der Waals surface area contributed by atoms with Crippen LogP contribution in [0.2, 0.25) is 0 Å². The van der Waals surface area contributed by atoms with Crippen LogP contribution in [0, 0.1) is 5.82 Å². The molecule has 1 heterocycles. The first-order valence-electron chi connectivity index (χ1n) is 6.50.